The number of aromatic nitrogens is 2. The van der Waals surface area contributed by atoms with E-state index >= 15 is 0 Å². The molecule has 0 atom stereocenters. The molecule has 0 N–H and O–H groups in total. The summed E-state index contributed by atoms with van der Waals surface area (Å²) in [6, 6.07) is 3.65. The van der Waals surface area contributed by atoms with Gasteiger partial charge in [-0.1, -0.05) is 0 Å². The van der Waals surface area contributed by atoms with E-state index in [9.17, 15) is 0 Å². The van der Waals surface area contributed by atoms with Crippen LogP contribution in [0.1, 0.15) is 0 Å². The molecule has 0 aliphatic heterocycles. The molecule has 0 aliphatic rings. The van der Waals surface area contributed by atoms with Crippen molar-refractivity contribution in [1.29, 1.82) is 0 Å². The van der Waals surface area contributed by atoms with Gasteiger partial charge in [0, 0.05) is 33.5 Å². The topological polar surface area (TPSA) is 42.9 Å². The second kappa shape index (κ2) is 10.4. The quantitative estimate of drug-likeness (QED) is 0.562. The smallest absolute Gasteiger partial charge is 0.281 e. The summed E-state index contributed by atoms with van der Waals surface area (Å²) in [7, 11) is 0. The Morgan fingerprint density at radius 1 is 1.00 bits per heavy atom. The van der Waals surface area contributed by atoms with Crippen molar-refractivity contribution in [1.82, 2.24) is 10.2 Å². The first-order valence-corrected chi connectivity index (χ1v) is 1.92. The molecule has 0 aromatic carbocycles. The van der Waals surface area contributed by atoms with Crippen LogP contribution in [0.4, 0.5) is 0 Å². The molecule has 0 spiro atoms. The molecule has 1 aromatic heterocycles. The first-order chi connectivity index (χ1) is 4.00. The molecular weight excluding hydrogens is 200 g/mol. The summed E-state index contributed by atoms with van der Waals surface area (Å²) in [6.07, 6.45) is 3.28. The molecule has 46 valence electrons. The van der Waals surface area contributed by atoms with Gasteiger partial charge in [0.15, 0.2) is 0 Å². The van der Waals surface area contributed by atoms with Crippen molar-refractivity contribution in [2.75, 3.05) is 0 Å². The van der Waals surface area contributed by atoms with Crippen LogP contribution in [0, 0.1) is 0 Å². The predicted octanol–water partition coefficient (Wildman–Crippen LogP) is 0.0770. The van der Waals surface area contributed by atoms with Gasteiger partial charge in [-0.3, -0.25) is 4.79 Å². The van der Waals surface area contributed by atoms with Gasteiger partial charge >= 0.3 is 0 Å². The van der Waals surface area contributed by atoms with Gasteiger partial charge in [0.25, 0.3) is 6.79 Å². The zero-order chi connectivity index (χ0) is 6.24. The number of hydrogen-bond acceptors (Lipinski definition) is 3. The van der Waals surface area contributed by atoms with Crippen LogP contribution in [0.25, 0.3) is 0 Å². The molecule has 0 aliphatic carbocycles. The summed E-state index contributed by atoms with van der Waals surface area (Å²) in [6.45, 7) is 4.50. The molecular formula is C5H4MoN2O. The van der Waals surface area contributed by atoms with E-state index in [1.54, 1.807) is 12.4 Å². The average Bonchev–Trinajstić information content (AvgIpc) is 1.96. The monoisotopic (exact) mass is 206 g/mol. The minimum absolute atomic E-state index is 0. The Morgan fingerprint density at radius 2 is 1.33 bits per heavy atom. The minimum atomic E-state index is 0. The Hall–Kier alpha value is -0.562. The van der Waals surface area contributed by atoms with Gasteiger partial charge in [0.1, 0.15) is 0 Å². The second-order valence-corrected chi connectivity index (χ2v) is 0.914. The first kappa shape index (κ1) is 11.3. The van der Waals surface area contributed by atoms with Crippen molar-refractivity contribution in [3.05, 3.63) is 24.5 Å². The van der Waals surface area contributed by atoms with E-state index in [4.69, 9.17) is 4.79 Å². The van der Waals surface area contributed by atoms with Crippen molar-refractivity contribution < 1.29 is 25.9 Å². The Bertz CT molecular complexity index is 97.8. The third-order valence-electron chi connectivity index (χ3n) is 0.483. The molecule has 1 heterocycles. The van der Waals surface area contributed by atoms with Crippen molar-refractivity contribution in [2.45, 2.75) is 0 Å². The van der Waals surface area contributed by atoms with E-state index in [-0.39, 0.29) is 21.1 Å². The van der Waals surface area contributed by atoms with Crippen LogP contribution in [0.2, 0.25) is 0 Å². The molecule has 9 heavy (non-hydrogen) atoms. The van der Waals surface area contributed by atoms with Gasteiger partial charge < -0.3 is 0 Å². The fraction of sp³-hybridized carbons (Fsp3) is 0. The van der Waals surface area contributed by atoms with Gasteiger partial charge in [-0.25, -0.2) is 0 Å². The van der Waals surface area contributed by atoms with Crippen LogP contribution < -0.4 is 0 Å². The van der Waals surface area contributed by atoms with Crippen LogP contribution in [0.15, 0.2) is 24.5 Å². The summed E-state index contributed by atoms with van der Waals surface area (Å²) < 4.78 is 0. The van der Waals surface area contributed by atoms with E-state index in [1.807, 2.05) is 12.1 Å². The van der Waals surface area contributed by atoms with Crippen LogP contribution >= 0.6 is 0 Å². The third-order valence-corrected chi connectivity index (χ3v) is 0.483. The third kappa shape index (κ3) is 7.44. The summed E-state index contributed by atoms with van der Waals surface area (Å²) in [4.78, 5) is 7.50. The number of nitrogens with zero attached hydrogens (tertiary/aromatic N) is 2. The molecule has 1 rings (SSSR count). The van der Waals surface area contributed by atoms with Crippen LogP contribution in [0.3, 0.4) is 0 Å². The summed E-state index contributed by atoms with van der Waals surface area (Å²) in [5.41, 5.74) is 0. The Labute approximate surface area is 67.8 Å². The van der Waals surface area contributed by atoms with E-state index in [0.29, 0.717) is 0 Å². The fourth-order valence-electron chi connectivity index (χ4n) is 0.253. The second-order valence-electron chi connectivity index (χ2n) is 0.914. The molecule has 0 fully saturated rings. The van der Waals surface area contributed by atoms with Crippen molar-refractivity contribution in [3.63, 3.8) is 0 Å². The molecule has 3 nitrogen and oxygen atoms in total. The zero-order valence-electron chi connectivity index (χ0n) is 4.52. The summed E-state index contributed by atoms with van der Waals surface area (Å²) in [5, 5.41) is 7.07. The van der Waals surface area contributed by atoms with Crippen molar-refractivity contribution >= 4 is 6.79 Å². The minimum Gasteiger partial charge on any atom is -0.281 e. The average molecular weight is 204 g/mol. The SMILES string of the molecule is [C]=O.[Mo].c1ccnnc1. The summed E-state index contributed by atoms with van der Waals surface area (Å²) >= 11 is 0. The molecule has 2 radical (unpaired) electrons. The van der Waals surface area contributed by atoms with E-state index in [0.717, 1.165) is 0 Å². The zero-order valence-corrected chi connectivity index (χ0v) is 6.53. The fourth-order valence-corrected chi connectivity index (χ4v) is 0.253. The van der Waals surface area contributed by atoms with Gasteiger partial charge in [0.05, 0.1) is 0 Å². The van der Waals surface area contributed by atoms with Gasteiger partial charge in [-0.15, -0.1) is 0 Å². The molecule has 1 aromatic rings. The van der Waals surface area contributed by atoms with Crippen molar-refractivity contribution in [3.8, 4) is 0 Å². The van der Waals surface area contributed by atoms with Crippen LogP contribution in [-0.4, -0.2) is 17.0 Å². The number of hydrogen-bond donors (Lipinski definition) is 0. The van der Waals surface area contributed by atoms with Gasteiger partial charge in [-0.05, 0) is 12.1 Å². The number of carbonyl (C=O) groups excluding carboxylic acids is 1. The standard InChI is InChI=1S/C4H4N2.CO.Mo/c1-2-4-6-5-3-1;1-2;/h1-4H;;. The molecule has 0 unspecified atom stereocenters. The molecule has 0 bridgehead atoms. The van der Waals surface area contributed by atoms with Crippen LogP contribution in [0.5, 0.6) is 0 Å². The summed E-state index contributed by atoms with van der Waals surface area (Å²) in [5.74, 6) is 0. The maximum absolute atomic E-state index is 7.50. The van der Waals surface area contributed by atoms with Crippen LogP contribution in [-0.2, 0) is 25.9 Å². The number of rotatable bonds is 0. The van der Waals surface area contributed by atoms with Crippen molar-refractivity contribution in [2.24, 2.45) is 0 Å². The van der Waals surface area contributed by atoms with E-state index in [2.05, 4.69) is 17.0 Å². The largest absolute Gasteiger partial charge is 0.281 e. The molecule has 4 heteroatoms. The Morgan fingerprint density at radius 3 is 1.44 bits per heavy atom. The molecule has 0 amide bonds. The van der Waals surface area contributed by atoms with E-state index in [1.165, 1.54) is 0 Å². The first-order valence-electron chi connectivity index (χ1n) is 1.92. The molecule has 0 saturated heterocycles. The Kier molecular flexibility index (Phi) is 13.0. The Balaban J connectivity index is 0. The van der Waals surface area contributed by atoms with Gasteiger partial charge in [0.2, 0.25) is 0 Å². The van der Waals surface area contributed by atoms with E-state index < -0.39 is 0 Å². The normalized spacial score (nSPS) is 5.78. The van der Waals surface area contributed by atoms with Gasteiger partial charge in [-0.2, -0.15) is 10.2 Å². The maximum Gasteiger partial charge on any atom is 0.281 e. The predicted molar refractivity (Wildman–Crippen MR) is 27.7 cm³/mol. The maximum atomic E-state index is 7.50. The molecule has 0 saturated carbocycles.